The lowest BCUT2D eigenvalue weighted by atomic mass is 9.98. The Morgan fingerprint density at radius 1 is 0.438 bits per heavy atom. The molecule has 472 valence electrons. The zero-order valence-corrected chi connectivity index (χ0v) is 52.1. The molecule has 11 heteroatoms. The van der Waals surface area contributed by atoms with Crippen LogP contribution in [0, 0.1) is 0 Å². The van der Waals surface area contributed by atoms with Crippen LogP contribution in [0.3, 0.4) is 0 Å². The van der Waals surface area contributed by atoms with E-state index >= 15 is 0 Å². The maximum absolute atomic E-state index is 13.2. The molecule has 1 rings (SSSR count). The summed E-state index contributed by atoms with van der Waals surface area (Å²) < 4.78 is 11.1. The average molecular weight is 1130 g/mol. The number of aliphatic hydroxyl groups is 7. The van der Waals surface area contributed by atoms with Crippen molar-refractivity contribution in [3.63, 3.8) is 0 Å². The van der Waals surface area contributed by atoms with Gasteiger partial charge in [-0.25, -0.2) is 0 Å². The molecule has 0 radical (unpaired) electrons. The van der Waals surface area contributed by atoms with Gasteiger partial charge in [0.1, 0.15) is 36.6 Å². The summed E-state index contributed by atoms with van der Waals surface area (Å²) in [5, 5.41) is 76.2. The highest BCUT2D eigenvalue weighted by Gasteiger charge is 2.44. The van der Waals surface area contributed by atoms with E-state index in [2.05, 4.69) is 55.6 Å². The number of rotatable bonds is 60. The first kappa shape index (κ1) is 76.3. The van der Waals surface area contributed by atoms with E-state index in [1.54, 1.807) is 0 Å². The molecule has 0 aromatic heterocycles. The van der Waals surface area contributed by atoms with Gasteiger partial charge in [-0.3, -0.25) is 4.79 Å². The Morgan fingerprint density at radius 2 is 0.775 bits per heavy atom. The van der Waals surface area contributed by atoms with Crippen LogP contribution in [0.4, 0.5) is 0 Å². The van der Waals surface area contributed by atoms with E-state index in [-0.39, 0.29) is 12.8 Å². The smallest absolute Gasteiger partial charge is 0.249 e. The van der Waals surface area contributed by atoms with Crippen LogP contribution in [0.2, 0.25) is 0 Å². The molecule has 0 saturated carbocycles. The van der Waals surface area contributed by atoms with Gasteiger partial charge in [0, 0.05) is 0 Å². The Bertz CT molecular complexity index is 1390. The summed E-state index contributed by atoms with van der Waals surface area (Å²) in [6.07, 6.45) is 62.5. The standard InChI is InChI=1S/C69H131NO10/c1-3-5-7-9-11-13-15-17-19-20-21-22-23-24-25-26-27-28-29-30-31-32-33-34-35-36-37-38-39-40-41-43-45-47-49-51-53-55-57-62(73)68(78)70-60(59-79-69-67(77)66(76)65(75)63(58-71)80-69)64(74)61(72)56-54-52-50-48-46-44-42-18-16-14-12-10-8-6-4-2/h27-28,30-31,48,50,60-67,69,71-77H,3-26,29,32-47,49,51-59H2,1-2H3,(H,70,78)/b28-27-,31-30-,50-48+. The minimum Gasteiger partial charge on any atom is -0.394 e. The molecule has 0 aromatic carbocycles. The molecule has 8 N–H and O–H groups in total. The van der Waals surface area contributed by atoms with Crippen LogP contribution in [0.15, 0.2) is 36.5 Å². The van der Waals surface area contributed by atoms with Crippen molar-refractivity contribution in [1.82, 2.24) is 5.32 Å². The van der Waals surface area contributed by atoms with Crippen molar-refractivity contribution in [3.05, 3.63) is 36.5 Å². The molecule has 80 heavy (non-hydrogen) atoms. The Balaban J connectivity index is 2.13. The Labute approximate surface area is 492 Å². The highest BCUT2D eigenvalue weighted by Crippen LogP contribution is 2.24. The number of unbranched alkanes of at least 4 members (excludes halogenated alkanes) is 42. The first-order valence-electron chi connectivity index (χ1n) is 34.4. The molecule has 11 nitrogen and oxygen atoms in total. The van der Waals surface area contributed by atoms with Gasteiger partial charge < -0.3 is 50.5 Å². The first-order chi connectivity index (χ1) is 39.2. The second-order valence-electron chi connectivity index (χ2n) is 24.2. The number of carbonyl (C=O) groups excluding carboxylic acids is 1. The molecule has 1 saturated heterocycles. The number of amides is 1. The van der Waals surface area contributed by atoms with Crippen molar-refractivity contribution in [2.24, 2.45) is 0 Å². The number of hydrogen-bond donors (Lipinski definition) is 8. The van der Waals surface area contributed by atoms with Crippen molar-refractivity contribution in [2.75, 3.05) is 13.2 Å². The number of allylic oxidation sites excluding steroid dienone is 6. The first-order valence-corrected chi connectivity index (χ1v) is 34.4. The van der Waals surface area contributed by atoms with Gasteiger partial charge >= 0.3 is 0 Å². The molecule has 1 amide bonds. The van der Waals surface area contributed by atoms with Crippen LogP contribution in [0.5, 0.6) is 0 Å². The van der Waals surface area contributed by atoms with Gasteiger partial charge in [0.15, 0.2) is 6.29 Å². The minimum absolute atomic E-state index is 0.255. The summed E-state index contributed by atoms with van der Waals surface area (Å²) in [4.78, 5) is 13.2. The molecule has 1 aliphatic rings. The largest absolute Gasteiger partial charge is 0.394 e. The zero-order valence-electron chi connectivity index (χ0n) is 52.1. The molecular weight excluding hydrogens is 1000 g/mol. The van der Waals surface area contributed by atoms with Gasteiger partial charge in [-0.1, -0.05) is 294 Å². The molecule has 0 bridgehead atoms. The third-order valence-corrected chi connectivity index (χ3v) is 16.7. The lowest BCUT2D eigenvalue weighted by Gasteiger charge is -2.40. The molecule has 0 spiro atoms. The number of aliphatic hydroxyl groups excluding tert-OH is 7. The van der Waals surface area contributed by atoms with Crippen LogP contribution < -0.4 is 5.32 Å². The average Bonchev–Trinajstić information content (AvgIpc) is 3.48. The highest BCUT2D eigenvalue weighted by atomic mass is 16.7. The molecule has 9 unspecified atom stereocenters. The third-order valence-electron chi connectivity index (χ3n) is 16.7. The van der Waals surface area contributed by atoms with Gasteiger partial charge in [-0.15, -0.1) is 0 Å². The molecule has 1 aliphatic heterocycles. The zero-order chi connectivity index (χ0) is 58.2. The van der Waals surface area contributed by atoms with E-state index in [0.29, 0.717) is 12.8 Å². The van der Waals surface area contributed by atoms with Gasteiger partial charge in [-0.2, -0.15) is 0 Å². The van der Waals surface area contributed by atoms with E-state index in [1.807, 2.05) is 0 Å². The molecular formula is C69H131NO10. The Morgan fingerprint density at radius 3 is 1.15 bits per heavy atom. The van der Waals surface area contributed by atoms with E-state index in [9.17, 15) is 40.5 Å². The van der Waals surface area contributed by atoms with Crippen LogP contribution in [0.25, 0.3) is 0 Å². The number of nitrogens with one attached hydrogen (secondary N) is 1. The Hall–Kier alpha value is -1.67. The van der Waals surface area contributed by atoms with Crippen molar-refractivity contribution < 1.29 is 50.0 Å². The molecule has 9 atom stereocenters. The van der Waals surface area contributed by atoms with Gasteiger partial charge in [0.25, 0.3) is 0 Å². The number of carbonyl (C=O) groups is 1. The van der Waals surface area contributed by atoms with Crippen molar-refractivity contribution >= 4 is 5.91 Å². The lowest BCUT2D eigenvalue weighted by Crippen LogP contribution is -2.60. The summed E-state index contributed by atoms with van der Waals surface area (Å²) in [5.41, 5.74) is 0. The second-order valence-corrected chi connectivity index (χ2v) is 24.2. The van der Waals surface area contributed by atoms with Crippen LogP contribution >= 0.6 is 0 Å². The lowest BCUT2D eigenvalue weighted by molar-refractivity contribution is -0.303. The fourth-order valence-electron chi connectivity index (χ4n) is 11.1. The van der Waals surface area contributed by atoms with Gasteiger partial charge in [0.05, 0.1) is 25.4 Å². The molecule has 0 aromatic rings. The number of ether oxygens (including phenoxy) is 2. The second kappa shape index (κ2) is 57.7. The van der Waals surface area contributed by atoms with E-state index in [1.165, 1.54) is 244 Å². The van der Waals surface area contributed by atoms with Crippen LogP contribution in [0.1, 0.15) is 328 Å². The van der Waals surface area contributed by atoms with Crippen molar-refractivity contribution in [2.45, 2.75) is 384 Å². The summed E-state index contributed by atoms with van der Waals surface area (Å²) in [7, 11) is 0. The topological polar surface area (TPSA) is 189 Å². The monoisotopic (exact) mass is 1130 g/mol. The predicted octanol–water partition coefficient (Wildman–Crippen LogP) is 16.2. The fraction of sp³-hybridized carbons (Fsp3) is 0.899. The van der Waals surface area contributed by atoms with Crippen LogP contribution in [-0.4, -0.2) is 110 Å². The highest BCUT2D eigenvalue weighted by molar-refractivity contribution is 5.80. The van der Waals surface area contributed by atoms with Crippen molar-refractivity contribution in [3.8, 4) is 0 Å². The molecule has 1 fully saturated rings. The summed E-state index contributed by atoms with van der Waals surface area (Å²) in [6.45, 7) is 3.47. The van der Waals surface area contributed by atoms with Crippen molar-refractivity contribution in [1.29, 1.82) is 0 Å². The number of hydrogen-bond acceptors (Lipinski definition) is 10. The minimum atomic E-state index is -1.67. The Kier molecular flexibility index (Phi) is 55.1. The SMILES string of the molecule is CCCCCCCCCCCC/C=C/CCCC(O)C(O)C(COC1OC(CO)C(O)C(O)C1O)NC(=O)C(O)CCCCCCCCCCCCCCCCCC/C=C\C/C=C\CCCCCCCCCCCCCCCCC. The van der Waals surface area contributed by atoms with Gasteiger partial charge in [0.2, 0.25) is 5.91 Å². The van der Waals surface area contributed by atoms with E-state index < -0.39 is 74.2 Å². The maximum Gasteiger partial charge on any atom is 0.249 e. The third kappa shape index (κ3) is 44.8. The summed E-state index contributed by atoms with van der Waals surface area (Å²) >= 11 is 0. The molecule has 1 heterocycles. The fourth-order valence-corrected chi connectivity index (χ4v) is 11.1. The van der Waals surface area contributed by atoms with Crippen LogP contribution in [-0.2, 0) is 14.3 Å². The normalized spacial score (nSPS) is 19.4. The van der Waals surface area contributed by atoms with E-state index in [0.717, 1.165) is 44.9 Å². The predicted molar refractivity (Wildman–Crippen MR) is 335 cm³/mol. The quantitative estimate of drug-likeness (QED) is 0.0215. The maximum atomic E-state index is 13.2. The van der Waals surface area contributed by atoms with Gasteiger partial charge in [-0.05, 0) is 70.6 Å². The summed E-state index contributed by atoms with van der Waals surface area (Å²) in [6, 6.07) is -1.18. The van der Waals surface area contributed by atoms with E-state index in [4.69, 9.17) is 9.47 Å². The summed E-state index contributed by atoms with van der Waals surface area (Å²) in [5.74, 6) is -0.703. The molecule has 0 aliphatic carbocycles.